The summed E-state index contributed by atoms with van der Waals surface area (Å²) >= 11 is 0. The molecule has 0 aliphatic carbocycles. The van der Waals surface area contributed by atoms with Crippen LogP contribution in [0.5, 0.6) is 0 Å². The van der Waals surface area contributed by atoms with Crippen LogP contribution in [0.4, 0.5) is 0 Å². The Morgan fingerprint density at radius 1 is 0.909 bits per heavy atom. The van der Waals surface area contributed by atoms with Gasteiger partial charge in [-0.25, -0.2) is 12.7 Å². The smallest absolute Gasteiger partial charge is 0.266 e. The average Bonchev–Trinajstić information content (AvgIpc) is 2.83. The van der Waals surface area contributed by atoms with Gasteiger partial charge in [0.25, 0.3) is 10.0 Å². The first kappa shape index (κ1) is 24.0. The summed E-state index contributed by atoms with van der Waals surface area (Å²) in [7, 11) is -4.02. The molecule has 0 saturated heterocycles. The predicted octanol–water partition coefficient (Wildman–Crippen LogP) is 5.87. The SMILES string of the molecule is C=CCN(C(=O)CC(=C=C(C)c1ccccc1)c1ccccc1)S(=O)(=O)c1ccc(C)cc1. The zero-order valence-electron chi connectivity index (χ0n) is 18.9. The third-order valence-electron chi connectivity index (χ3n) is 5.18. The number of benzene rings is 3. The number of hydrogen-bond acceptors (Lipinski definition) is 3. The summed E-state index contributed by atoms with van der Waals surface area (Å²) in [5.74, 6) is -0.539. The minimum atomic E-state index is -4.02. The van der Waals surface area contributed by atoms with Crippen molar-refractivity contribution in [3.63, 3.8) is 0 Å². The lowest BCUT2D eigenvalue weighted by atomic mass is 10.0. The minimum absolute atomic E-state index is 0.0737. The Kier molecular flexibility index (Phi) is 7.83. The molecule has 4 nitrogen and oxygen atoms in total. The summed E-state index contributed by atoms with van der Waals surface area (Å²) in [6.07, 6.45) is 1.30. The molecule has 0 N–H and O–H groups in total. The second-order valence-electron chi connectivity index (χ2n) is 7.67. The average molecular weight is 458 g/mol. The Morgan fingerprint density at radius 3 is 2.00 bits per heavy atom. The first-order chi connectivity index (χ1) is 15.8. The molecule has 3 rings (SSSR count). The van der Waals surface area contributed by atoms with Crippen molar-refractivity contribution in [2.45, 2.75) is 25.2 Å². The van der Waals surface area contributed by atoms with Crippen LogP contribution in [0, 0.1) is 6.92 Å². The van der Waals surface area contributed by atoms with Gasteiger partial charge in [0.2, 0.25) is 5.91 Å². The van der Waals surface area contributed by atoms with Gasteiger partial charge in [-0.15, -0.1) is 12.3 Å². The van der Waals surface area contributed by atoms with Crippen LogP contribution in [0.1, 0.15) is 30.0 Å². The predicted molar refractivity (Wildman–Crippen MR) is 134 cm³/mol. The van der Waals surface area contributed by atoms with Crippen LogP contribution in [0.3, 0.4) is 0 Å². The van der Waals surface area contributed by atoms with Crippen molar-refractivity contribution in [2.75, 3.05) is 6.54 Å². The van der Waals surface area contributed by atoms with Gasteiger partial charge in [0.15, 0.2) is 0 Å². The van der Waals surface area contributed by atoms with Gasteiger partial charge in [-0.05, 0) is 42.7 Å². The van der Waals surface area contributed by atoms with Crippen LogP contribution < -0.4 is 0 Å². The van der Waals surface area contributed by atoms with Crippen molar-refractivity contribution in [2.24, 2.45) is 0 Å². The van der Waals surface area contributed by atoms with Crippen molar-refractivity contribution in [3.8, 4) is 0 Å². The fourth-order valence-corrected chi connectivity index (χ4v) is 4.74. The van der Waals surface area contributed by atoms with E-state index in [1.807, 2.05) is 74.5 Å². The molecule has 0 saturated carbocycles. The second kappa shape index (κ2) is 10.8. The summed E-state index contributed by atoms with van der Waals surface area (Å²) in [5.41, 5.74) is 7.55. The Hall–Kier alpha value is -3.66. The van der Waals surface area contributed by atoms with E-state index in [1.54, 1.807) is 12.1 Å². The second-order valence-corrected chi connectivity index (χ2v) is 9.53. The van der Waals surface area contributed by atoms with Crippen molar-refractivity contribution >= 4 is 27.1 Å². The topological polar surface area (TPSA) is 54.5 Å². The Balaban J connectivity index is 2.04. The van der Waals surface area contributed by atoms with Gasteiger partial charge in [-0.1, -0.05) is 84.4 Å². The molecular formula is C28H27NO3S. The molecule has 0 heterocycles. The van der Waals surface area contributed by atoms with Gasteiger partial charge in [-0.3, -0.25) is 4.79 Å². The molecule has 0 aliphatic heterocycles. The number of nitrogens with zero attached hydrogens (tertiary/aromatic N) is 1. The zero-order valence-corrected chi connectivity index (χ0v) is 19.7. The van der Waals surface area contributed by atoms with E-state index in [9.17, 15) is 13.2 Å². The van der Waals surface area contributed by atoms with E-state index >= 15 is 0 Å². The lowest BCUT2D eigenvalue weighted by molar-refractivity contribution is -0.125. The normalized spacial score (nSPS) is 10.7. The fourth-order valence-electron chi connectivity index (χ4n) is 3.37. The highest BCUT2D eigenvalue weighted by Gasteiger charge is 2.29. The molecule has 0 atom stereocenters. The van der Waals surface area contributed by atoms with Gasteiger partial charge >= 0.3 is 0 Å². The Morgan fingerprint density at radius 2 is 1.45 bits per heavy atom. The maximum Gasteiger partial charge on any atom is 0.266 e. The molecule has 0 aliphatic rings. The molecule has 1 amide bonds. The van der Waals surface area contributed by atoms with Crippen molar-refractivity contribution < 1.29 is 13.2 Å². The zero-order chi connectivity index (χ0) is 23.8. The Labute approximate surface area is 196 Å². The molecule has 0 spiro atoms. The molecule has 3 aromatic carbocycles. The molecule has 3 aromatic rings. The fraction of sp³-hybridized carbons (Fsp3) is 0.143. The molecule has 0 bridgehead atoms. The van der Waals surface area contributed by atoms with Gasteiger partial charge in [0.05, 0.1) is 17.9 Å². The third-order valence-corrected chi connectivity index (χ3v) is 6.98. The van der Waals surface area contributed by atoms with E-state index in [2.05, 4.69) is 12.3 Å². The van der Waals surface area contributed by atoms with Crippen LogP contribution in [0.25, 0.3) is 11.1 Å². The van der Waals surface area contributed by atoms with E-state index in [4.69, 9.17) is 0 Å². The van der Waals surface area contributed by atoms with Crippen molar-refractivity contribution in [3.05, 3.63) is 120 Å². The largest absolute Gasteiger partial charge is 0.273 e. The lowest BCUT2D eigenvalue weighted by Gasteiger charge is -2.22. The van der Waals surface area contributed by atoms with Crippen LogP contribution in [0.15, 0.2) is 108 Å². The highest BCUT2D eigenvalue weighted by atomic mass is 32.2. The maximum absolute atomic E-state index is 13.4. The van der Waals surface area contributed by atoms with Gasteiger partial charge < -0.3 is 0 Å². The van der Waals surface area contributed by atoms with E-state index < -0.39 is 15.9 Å². The van der Waals surface area contributed by atoms with E-state index in [0.717, 1.165) is 26.6 Å². The minimum Gasteiger partial charge on any atom is -0.273 e. The van der Waals surface area contributed by atoms with E-state index in [1.165, 1.54) is 18.2 Å². The number of amides is 1. The number of carbonyl (C=O) groups excluding carboxylic acids is 1. The van der Waals surface area contributed by atoms with E-state index in [-0.39, 0.29) is 17.9 Å². The van der Waals surface area contributed by atoms with Gasteiger partial charge in [-0.2, -0.15) is 0 Å². The summed E-state index contributed by atoms with van der Waals surface area (Å²) in [4.78, 5) is 13.4. The Bertz CT molecular complexity index is 1290. The monoisotopic (exact) mass is 457 g/mol. The summed E-state index contributed by atoms with van der Waals surface area (Å²) in [5, 5.41) is 0. The maximum atomic E-state index is 13.4. The molecule has 0 unspecified atom stereocenters. The molecular weight excluding hydrogens is 430 g/mol. The van der Waals surface area contributed by atoms with Crippen LogP contribution in [-0.2, 0) is 14.8 Å². The number of aryl methyl sites for hydroxylation is 1. The molecule has 0 radical (unpaired) electrons. The van der Waals surface area contributed by atoms with Crippen molar-refractivity contribution in [1.82, 2.24) is 4.31 Å². The summed E-state index contributed by atoms with van der Waals surface area (Å²) in [6, 6.07) is 25.6. The third kappa shape index (κ3) is 5.98. The molecule has 33 heavy (non-hydrogen) atoms. The lowest BCUT2D eigenvalue weighted by Crippen LogP contribution is -2.37. The molecule has 5 heteroatoms. The first-order valence-corrected chi connectivity index (χ1v) is 12.1. The van der Waals surface area contributed by atoms with Crippen molar-refractivity contribution in [1.29, 1.82) is 0 Å². The number of sulfonamides is 1. The highest BCUT2D eigenvalue weighted by Crippen LogP contribution is 2.24. The summed E-state index contributed by atoms with van der Waals surface area (Å²) < 4.78 is 27.4. The molecule has 168 valence electrons. The highest BCUT2D eigenvalue weighted by molar-refractivity contribution is 7.89. The van der Waals surface area contributed by atoms with Crippen LogP contribution in [-0.4, -0.2) is 25.2 Å². The van der Waals surface area contributed by atoms with Gasteiger partial charge in [0.1, 0.15) is 0 Å². The quantitative estimate of drug-likeness (QED) is 0.314. The number of carbonyl (C=O) groups is 1. The van der Waals surface area contributed by atoms with Gasteiger partial charge in [0, 0.05) is 5.57 Å². The molecule has 0 aromatic heterocycles. The number of hydrogen-bond donors (Lipinski definition) is 0. The first-order valence-electron chi connectivity index (χ1n) is 10.6. The summed E-state index contributed by atoms with van der Waals surface area (Å²) in [6.45, 7) is 7.33. The number of rotatable bonds is 8. The standard InChI is InChI=1S/C28H27NO3S/c1-4-19-29(33(31,32)27-17-15-22(2)16-18-27)28(30)21-26(25-13-9-6-10-14-25)20-23(3)24-11-7-5-8-12-24/h4-18H,1,19,21H2,2-3H3. The van der Waals surface area contributed by atoms with Crippen LogP contribution in [0.2, 0.25) is 0 Å². The molecule has 0 fully saturated rings. The van der Waals surface area contributed by atoms with Crippen LogP contribution >= 0.6 is 0 Å². The van der Waals surface area contributed by atoms with E-state index in [0.29, 0.717) is 5.57 Å².